The molecule has 0 radical (unpaired) electrons. The van der Waals surface area contributed by atoms with Crippen molar-refractivity contribution in [2.75, 3.05) is 6.54 Å². The molecule has 2 rings (SSSR count). The lowest BCUT2D eigenvalue weighted by atomic mass is 9.66. The highest BCUT2D eigenvalue weighted by atomic mass is 15.0. The fraction of sp³-hybridized carbons (Fsp3) is 1.00. The molecule has 0 aliphatic heterocycles. The van der Waals surface area contributed by atoms with E-state index in [-0.39, 0.29) is 5.54 Å². The Morgan fingerprint density at radius 2 is 1.95 bits per heavy atom. The van der Waals surface area contributed by atoms with Crippen molar-refractivity contribution in [1.82, 2.24) is 5.32 Å². The van der Waals surface area contributed by atoms with E-state index >= 15 is 0 Å². The number of nitrogens with one attached hydrogen (secondary N) is 1. The molecule has 0 heterocycles. The van der Waals surface area contributed by atoms with Gasteiger partial charge in [-0.3, -0.25) is 0 Å². The van der Waals surface area contributed by atoms with E-state index in [2.05, 4.69) is 39.9 Å². The van der Waals surface area contributed by atoms with Crippen LogP contribution in [0.4, 0.5) is 0 Å². The summed E-state index contributed by atoms with van der Waals surface area (Å²) in [4.78, 5) is 0. The lowest BCUT2D eigenvalue weighted by Crippen LogP contribution is -2.47. The van der Waals surface area contributed by atoms with E-state index in [1.54, 1.807) is 0 Å². The Kier molecular flexibility index (Phi) is 5.79. The molecule has 4 atom stereocenters. The molecule has 1 nitrogen and oxygen atoms in total. The highest BCUT2D eigenvalue weighted by molar-refractivity contribution is 5.02. The van der Waals surface area contributed by atoms with Crippen molar-refractivity contribution in [3.05, 3.63) is 0 Å². The summed E-state index contributed by atoms with van der Waals surface area (Å²) in [6.07, 6.45) is 13.2. The van der Waals surface area contributed by atoms with Gasteiger partial charge < -0.3 is 5.32 Å². The highest BCUT2D eigenvalue weighted by Crippen LogP contribution is 2.58. The number of fused-ring (bicyclic) bond motifs is 2. The molecule has 2 bridgehead atoms. The largest absolute Gasteiger partial charge is 0.312 e. The monoisotopic (exact) mass is 293 g/mol. The summed E-state index contributed by atoms with van der Waals surface area (Å²) in [5, 5.41) is 3.88. The van der Waals surface area contributed by atoms with Gasteiger partial charge in [0, 0.05) is 12.1 Å². The lowest BCUT2D eigenvalue weighted by Gasteiger charge is -2.42. The summed E-state index contributed by atoms with van der Waals surface area (Å²) in [6.45, 7) is 13.0. The van der Waals surface area contributed by atoms with E-state index in [0.29, 0.717) is 5.41 Å². The van der Waals surface area contributed by atoms with Gasteiger partial charge in [0.15, 0.2) is 0 Å². The summed E-state index contributed by atoms with van der Waals surface area (Å²) < 4.78 is 0. The van der Waals surface area contributed by atoms with Crippen molar-refractivity contribution in [3.8, 4) is 0 Å². The van der Waals surface area contributed by atoms with Gasteiger partial charge in [0.05, 0.1) is 0 Å². The summed E-state index contributed by atoms with van der Waals surface area (Å²) in [5.41, 5.74) is 0.893. The second-order valence-electron chi connectivity index (χ2n) is 9.17. The molecule has 1 heteroatoms. The maximum Gasteiger partial charge on any atom is 0.00967 e. The summed E-state index contributed by atoms with van der Waals surface area (Å²) in [7, 11) is 0. The van der Waals surface area contributed by atoms with Crippen molar-refractivity contribution in [2.45, 2.75) is 97.9 Å². The predicted octanol–water partition coefficient (Wildman–Crippen LogP) is 5.79. The number of hydrogen-bond acceptors (Lipinski definition) is 1. The molecular formula is C20H39N. The van der Waals surface area contributed by atoms with Crippen LogP contribution < -0.4 is 5.32 Å². The molecule has 0 saturated heterocycles. The van der Waals surface area contributed by atoms with Crippen LogP contribution in [-0.4, -0.2) is 12.1 Å². The maximum absolute atomic E-state index is 3.88. The second-order valence-corrected chi connectivity index (χ2v) is 9.17. The van der Waals surface area contributed by atoms with Crippen molar-refractivity contribution in [2.24, 2.45) is 23.2 Å². The Morgan fingerprint density at radius 1 is 1.19 bits per heavy atom. The molecule has 124 valence electrons. The van der Waals surface area contributed by atoms with E-state index in [1.165, 1.54) is 64.3 Å². The van der Waals surface area contributed by atoms with Gasteiger partial charge in [0.25, 0.3) is 0 Å². The van der Waals surface area contributed by atoms with E-state index in [0.717, 1.165) is 17.8 Å². The molecule has 2 saturated carbocycles. The second kappa shape index (κ2) is 7.02. The van der Waals surface area contributed by atoms with E-state index in [4.69, 9.17) is 0 Å². The van der Waals surface area contributed by atoms with Crippen LogP contribution in [0.1, 0.15) is 92.4 Å². The summed E-state index contributed by atoms with van der Waals surface area (Å²) in [5.74, 6) is 3.04. The Morgan fingerprint density at radius 3 is 2.43 bits per heavy atom. The van der Waals surface area contributed by atoms with Gasteiger partial charge in [-0.25, -0.2) is 0 Å². The third-order valence-corrected chi connectivity index (χ3v) is 6.31. The molecule has 1 N–H and O–H groups in total. The molecular weight excluding hydrogens is 254 g/mol. The predicted molar refractivity (Wildman–Crippen MR) is 93.6 cm³/mol. The standard InChI is InChI=1S/C20H39N/c1-6-8-9-16(7-2)13-20(15-21-19(3,4)5)14-17-10-11-18(20)12-17/h16-18,21H,6-15H2,1-5H3. The number of hydrogen-bond donors (Lipinski definition) is 1. The molecule has 0 amide bonds. The zero-order valence-electron chi connectivity index (χ0n) is 15.3. The third-order valence-electron chi connectivity index (χ3n) is 6.31. The SMILES string of the molecule is CCCCC(CC)CC1(CNC(C)(C)C)CC2CCC1C2. The maximum atomic E-state index is 3.88. The molecule has 0 aromatic rings. The van der Waals surface area contributed by atoms with Crippen molar-refractivity contribution >= 4 is 0 Å². The minimum absolute atomic E-state index is 0.264. The molecule has 2 aliphatic rings. The van der Waals surface area contributed by atoms with Gasteiger partial charge in [-0.2, -0.15) is 0 Å². The van der Waals surface area contributed by atoms with Gasteiger partial charge in [0.1, 0.15) is 0 Å². The van der Waals surface area contributed by atoms with E-state index in [1.807, 2.05) is 0 Å². The lowest BCUT2D eigenvalue weighted by molar-refractivity contribution is 0.101. The smallest absolute Gasteiger partial charge is 0.00967 e. The van der Waals surface area contributed by atoms with E-state index < -0.39 is 0 Å². The molecule has 2 fully saturated rings. The summed E-state index contributed by atoms with van der Waals surface area (Å²) in [6, 6.07) is 0. The van der Waals surface area contributed by atoms with Crippen LogP contribution >= 0.6 is 0 Å². The van der Waals surface area contributed by atoms with Crippen LogP contribution in [0.5, 0.6) is 0 Å². The van der Waals surface area contributed by atoms with Crippen molar-refractivity contribution < 1.29 is 0 Å². The Hall–Kier alpha value is -0.0400. The van der Waals surface area contributed by atoms with Crippen molar-refractivity contribution in [1.29, 1.82) is 0 Å². The van der Waals surface area contributed by atoms with Crippen molar-refractivity contribution in [3.63, 3.8) is 0 Å². The zero-order chi connectivity index (χ0) is 15.5. The first-order valence-corrected chi connectivity index (χ1v) is 9.63. The first-order valence-electron chi connectivity index (χ1n) is 9.63. The third kappa shape index (κ3) is 4.47. The fourth-order valence-corrected chi connectivity index (χ4v) is 5.06. The quantitative estimate of drug-likeness (QED) is 0.597. The van der Waals surface area contributed by atoms with Gasteiger partial charge in [-0.1, -0.05) is 46.0 Å². The molecule has 4 unspecified atom stereocenters. The van der Waals surface area contributed by atoms with Gasteiger partial charge in [-0.15, -0.1) is 0 Å². The topological polar surface area (TPSA) is 12.0 Å². The van der Waals surface area contributed by atoms with Gasteiger partial charge in [-0.05, 0) is 69.6 Å². The average molecular weight is 294 g/mol. The molecule has 21 heavy (non-hydrogen) atoms. The van der Waals surface area contributed by atoms with Crippen LogP contribution in [0.25, 0.3) is 0 Å². The molecule has 0 aromatic heterocycles. The van der Waals surface area contributed by atoms with Crippen LogP contribution in [-0.2, 0) is 0 Å². The van der Waals surface area contributed by atoms with Crippen LogP contribution in [0, 0.1) is 23.2 Å². The first-order chi connectivity index (χ1) is 9.88. The fourth-order valence-electron chi connectivity index (χ4n) is 5.06. The van der Waals surface area contributed by atoms with Gasteiger partial charge in [0.2, 0.25) is 0 Å². The van der Waals surface area contributed by atoms with Crippen LogP contribution in [0.3, 0.4) is 0 Å². The number of unbranched alkanes of at least 4 members (excludes halogenated alkanes) is 1. The average Bonchev–Trinajstić information content (AvgIpc) is 3.01. The first kappa shape index (κ1) is 17.3. The summed E-state index contributed by atoms with van der Waals surface area (Å²) >= 11 is 0. The zero-order valence-corrected chi connectivity index (χ0v) is 15.3. The minimum Gasteiger partial charge on any atom is -0.312 e. The Labute approximate surface area is 133 Å². The molecule has 0 aromatic carbocycles. The Bertz CT molecular complexity index is 316. The highest BCUT2D eigenvalue weighted by Gasteiger charge is 2.51. The number of rotatable bonds is 8. The van der Waals surface area contributed by atoms with Gasteiger partial charge >= 0.3 is 0 Å². The van der Waals surface area contributed by atoms with E-state index in [9.17, 15) is 0 Å². The molecule has 2 aliphatic carbocycles. The normalized spacial score (nSPS) is 33.6. The molecule has 0 spiro atoms. The van der Waals surface area contributed by atoms with Crippen LogP contribution in [0.15, 0.2) is 0 Å². The minimum atomic E-state index is 0.264. The Balaban J connectivity index is 2.02. The van der Waals surface area contributed by atoms with Crippen LogP contribution in [0.2, 0.25) is 0 Å².